The molecule has 3 nitrogen and oxygen atoms in total. The Morgan fingerprint density at radius 3 is 1.96 bits per heavy atom. The second-order valence-electron chi connectivity index (χ2n) is 6.80. The van der Waals surface area contributed by atoms with Gasteiger partial charge in [-0.05, 0) is 17.8 Å². The molecule has 0 saturated heterocycles. The summed E-state index contributed by atoms with van der Waals surface area (Å²) in [5, 5.41) is 11.7. The number of hydrogen-bond acceptors (Lipinski definition) is 3. The summed E-state index contributed by atoms with van der Waals surface area (Å²) < 4.78 is 97.6. The molecule has 0 radical (unpaired) electrons. The van der Waals surface area contributed by atoms with E-state index in [1.165, 1.54) is 13.8 Å². The maximum Gasteiger partial charge on any atom is 0.409 e. The second kappa shape index (κ2) is 6.42. The number of carbonyl (C=O) groups is 1. The van der Waals surface area contributed by atoms with Gasteiger partial charge in [0.05, 0.1) is 7.11 Å². The van der Waals surface area contributed by atoms with Gasteiger partial charge in [0.2, 0.25) is 11.6 Å². The van der Waals surface area contributed by atoms with Gasteiger partial charge in [-0.25, -0.2) is 8.78 Å². The molecule has 2 atom stereocenters. The molecule has 10 heteroatoms. The van der Waals surface area contributed by atoms with Crippen molar-refractivity contribution in [3.63, 3.8) is 0 Å². The fourth-order valence-corrected chi connectivity index (χ4v) is 3.58. The number of benzene rings is 1. The summed E-state index contributed by atoms with van der Waals surface area (Å²) in [6.45, 7) is 2.50. The normalized spacial score (nSPS) is 24.3. The lowest BCUT2D eigenvalue weighted by atomic mass is 9.87. The molecule has 2 unspecified atom stereocenters. The van der Waals surface area contributed by atoms with E-state index >= 15 is 0 Å². The summed E-state index contributed by atoms with van der Waals surface area (Å²) >= 11 is 0. The summed E-state index contributed by atoms with van der Waals surface area (Å²) in [4.78, 5) is 11.7. The van der Waals surface area contributed by atoms with Gasteiger partial charge in [-0.2, -0.15) is 22.0 Å². The Morgan fingerprint density at radius 2 is 1.59 bits per heavy atom. The first-order chi connectivity index (χ1) is 12.2. The minimum atomic E-state index is -4.74. The molecule has 0 bridgehead atoms. The number of allylic oxidation sites excluding steroid dienone is 2. The summed E-state index contributed by atoms with van der Waals surface area (Å²) in [6, 6.07) is 0. The van der Waals surface area contributed by atoms with Gasteiger partial charge in [-0.3, -0.25) is 0 Å². The predicted octanol–water partition coefficient (Wildman–Crippen LogP) is 3.30. The fourth-order valence-electron chi connectivity index (χ4n) is 3.58. The number of aliphatic carboxylic acids is 1. The molecule has 1 saturated carbocycles. The first-order valence-corrected chi connectivity index (χ1v) is 7.58. The summed E-state index contributed by atoms with van der Waals surface area (Å²) in [5.74, 6) is -12.1. The minimum absolute atomic E-state index is 0.202. The van der Waals surface area contributed by atoms with Crippen molar-refractivity contribution < 1.29 is 45.4 Å². The Labute approximate surface area is 149 Å². The van der Waals surface area contributed by atoms with Crippen molar-refractivity contribution in [2.45, 2.75) is 26.4 Å². The zero-order valence-electron chi connectivity index (χ0n) is 14.3. The zero-order chi connectivity index (χ0) is 20.9. The van der Waals surface area contributed by atoms with Crippen LogP contribution in [0.15, 0.2) is 12.2 Å². The number of halogens is 7. The van der Waals surface area contributed by atoms with Crippen LogP contribution in [-0.4, -0.2) is 19.3 Å². The van der Waals surface area contributed by atoms with E-state index in [0.29, 0.717) is 6.08 Å². The van der Waals surface area contributed by atoms with Crippen molar-refractivity contribution in [3.05, 3.63) is 41.0 Å². The van der Waals surface area contributed by atoms with Crippen molar-refractivity contribution in [1.82, 2.24) is 0 Å². The Morgan fingerprint density at radius 1 is 1.11 bits per heavy atom. The Bertz CT molecular complexity index is 785. The molecule has 2 rings (SSSR count). The monoisotopic (exact) mass is 399 g/mol. The third kappa shape index (κ3) is 3.14. The van der Waals surface area contributed by atoms with Gasteiger partial charge in [0.15, 0.2) is 17.4 Å². The molecule has 150 valence electrons. The van der Waals surface area contributed by atoms with Crippen LogP contribution < -0.4 is 9.84 Å². The van der Waals surface area contributed by atoms with E-state index < -0.39 is 69.9 Å². The molecule has 1 aliphatic carbocycles. The van der Waals surface area contributed by atoms with Gasteiger partial charge in [-0.1, -0.05) is 19.9 Å². The standard InChI is InChI=1S/C17H15F7O3/c1-15(2)8(4-5-17(22,23)24)16(15,14(25)26)6-7-9(18)11(20)13(27-3)12(21)10(7)19/h4-5,8H,6H2,1-3H3,(H,25,26)/p-1. The Hall–Kier alpha value is -2.26. The van der Waals surface area contributed by atoms with Crippen LogP contribution in [0.2, 0.25) is 0 Å². The van der Waals surface area contributed by atoms with E-state index in [2.05, 4.69) is 4.74 Å². The Balaban J connectivity index is 2.57. The highest BCUT2D eigenvalue weighted by atomic mass is 19.4. The third-order valence-electron chi connectivity index (χ3n) is 5.19. The third-order valence-corrected chi connectivity index (χ3v) is 5.19. The van der Waals surface area contributed by atoms with Gasteiger partial charge in [0, 0.05) is 23.0 Å². The van der Waals surface area contributed by atoms with Crippen molar-refractivity contribution in [1.29, 1.82) is 0 Å². The summed E-state index contributed by atoms with van der Waals surface area (Å²) in [5.41, 5.74) is -4.85. The van der Waals surface area contributed by atoms with E-state index in [-0.39, 0.29) is 6.08 Å². The van der Waals surface area contributed by atoms with E-state index in [1.807, 2.05) is 0 Å². The molecule has 1 fully saturated rings. The number of ether oxygens (including phenoxy) is 1. The zero-order valence-corrected chi connectivity index (χ0v) is 14.3. The number of carboxylic acids is 1. The van der Waals surface area contributed by atoms with Crippen LogP contribution in [0.1, 0.15) is 19.4 Å². The molecule has 1 aliphatic rings. The fraction of sp³-hybridized carbons (Fsp3) is 0.471. The highest BCUT2D eigenvalue weighted by Crippen LogP contribution is 2.71. The van der Waals surface area contributed by atoms with Gasteiger partial charge in [-0.15, -0.1) is 0 Å². The average molecular weight is 399 g/mol. The number of alkyl halides is 3. The lowest BCUT2D eigenvalue weighted by Gasteiger charge is -2.23. The molecular weight excluding hydrogens is 385 g/mol. The van der Waals surface area contributed by atoms with Gasteiger partial charge in [0.1, 0.15) is 0 Å². The summed E-state index contributed by atoms with van der Waals surface area (Å²) in [6.07, 6.45) is -5.51. The first kappa shape index (κ1) is 21.0. The molecule has 0 N–H and O–H groups in total. The molecule has 27 heavy (non-hydrogen) atoms. The number of carboxylic acid groups (broad SMARTS) is 1. The van der Waals surface area contributed by atoms with Crippen LogP contribution in [0.5, 0.6) is 5.75 Å². The maximum atomic E-state index is 14.2. The molecular formula is C17H14F7O3-. The van der Waals surface area contributed by atoms with E-state index in [9.17, 15) is 40.6 Å². The van der Waals surface area contributed by atoms with E-state index in [0.717, 1.165) is 7.11 Å². The highest BCUT2D eigenvalue weighted by molar-refractivity contribution is 5.80. The first-order valence-electron chi connectivity index (χ1n) is 7.58. The minimum Gasteiger partial charge on any atom is -0.549 e. The maximum absolute atomic E-state index is 14.2. The molecule has 0 spiro atoms. The SMILES string of the molecule is COc1c(F)c(F)c(CC2(C(=O)[O-])C(C=CC(F)(F)F)C2(C)C)c(F)c1F. The lowest BCUT2D eigenvalue weighted by Crippen LogP contribution is -2.38. The molecule has 0 heterocycles. The Kier molecular flexibility index (Phi) is 5.00. The van der Waals surface area contributed by atoms with Crippen LogP contribution in [-0.2, 0) is 11.2 Å². The number of methoxy groups -OCH3 is 1. The van der Waals surface area contributed by atoms with Gasteiger partial charge in [0.25, 0.3) is 0 Å². The van der Waals surface area contributed by atoms with Crippen LogP contribution in [0.25, 0.3) is 0 Å². The van der Waals surface area contributed by atoms with E-state index in [1.54, 1.807) is 0 Å². The number of carbonyl (C=O) groups excluding carboxylic acids is 1. The number of rotatable bonds is 5. The molecule has 0 aromatic heterocycles. The number of hydrogen-bond donors (Lipinski definition) is 0. The molecule has 1 aromatic rings. The van der Waals surface area contributed by atoms with Gasteiger partial charge >= 0.3 is 6.18 Å². The summed E-state index contributed by atoms with van der Waals surface area (Å²) in [7, 11) is 0.769. The quantitative estimate of drug-likeness (QED) is 0.434. The average Bonchev–Trinajstić information content (AvgIpc) is 3.03. The van der Waals surface area contributed by atoms with E-state index in [4.69, 9.17) is 0 Å². The van der Waals surface area contributed by atoms with Gasteiger partial charge < -0.3 is 14.6 Å². The topological polar surface area (TPSA) is 49.4 Å². The second-order valence-corrected chi connectivity index (χ2v) is 6.80. The van der Waals surface area contributed by atoms with Crippen LogP contribution in [0.4, 0.5) is 30.7 Å². The van der Waals surface area contributed by atoms with Crippen molar-refractivity contribution in [3.8, 4) is 5.75 Å². The molecule has 0 amide bonds. The largest absolute Gasteiger partial charge is 0.549 e. The van der Waals surface area contributed by atoms with Crippen molar-refractivity contribution >= 4 is 5.97 Å². The van der Waals surface area contributed by atoms with Crippen molar-refractivity contribution in [2.75, 3.05) is 7.11 Å². The molecule has 0 aliphatic heterocycles. The van der Waals surface area contributed by atoms with Crippen LogP contribution in [0.3, 0.4) is 0 Å². The smallest absolute Gasteiger partial charge is 0.409 e. The predicted molar refractivity (Wildman–Crippen MR) is 76.4 cm³/mol. The highest BCUT2D eigenvalue weighted by Gasteiger charge is 2.71. The van der Waals surface area contributed by atoms with Crippen LogP contribution >= 0.6 is 0 Å². The van der Waals surface area contributed by atoms with Crippen molar-refractivity contribution in [2.24, 2.45) is 16.7 Å². The van der Waals surface area contributed by atoms with Crippen LogP contribution in [0, 0.1) is 40.0 Å². The lowest BCUT2D eigenvalue weighted by molar-refractivity contribution is -0.315. The molecule has 1 aromatic carbocycles.